The van der Waals surface area contributed by atoms with Crippen LogP contribution < -0.4 is 11.1 Å². The molecule has 20 heavy (non-hydrogen) atoms. The lowest BCUT2D eigenvalue weighted by molar-refractivity contribution is -0.122. The fraction of sp³-hybridized carbons (Fsp3) is 0.533. The van der Waals surface area contributed by atoms with E-state index >= 15 is 0 Å². The smallest absolute Gasteiger partial charge is 0.237 e. The predicted molar refractivity (Wildman–Crippen MR) is 76.1 cm³/mol. The second-order valence-electron chi connectivity index (χ2n) is 5.48. The second kappa shape index (κ2) is 6.72. The molecular formula is C15H22N2O3. The summed E-state index contributed by atoms with van der Waals surface area (Å²) in [6.07, 6.45) is 2.92. The van der Waals surface area contributed by atoms with Gasteiger partial charge in [-0.25, -0.2) is 0 Å². The molecule has 0 aromatic heterocycles. The van der Waals surface area contributed by atoms with E-state index < -0.39 is 6.04 Å². The van der Waals surface area contributed by atoms with Gasteiger partial charge in [0.1, 0.15) is 5.75 Å². The number of aliphatic hydroxyl groups is 1. The molecule has 0 aliphatic heterocycles. The summed E-state index contributed by atoms with van der Waals surface area (Å²) in [7, 11) is 0. The van der Waals surface area contributed by atoms with Gasteiger partial charge in [0.2, 0.25) is 5.91 Å². The number of nitrogens with two attached hydrogens (primary N) is 1. The minimum absolute atomic E-state index is 0.153. The summed E-state index contributed by atoms with van der Waals surface area (Å²) in [5, 5.41) is 21.7. The van der Waals surface area contributed by atoms with Gasteiger partial charge in [-0.05, 0) is 37.0 Å². The number of aromatic hydroxyl groups is 1. The van der Waals surface area contributed by atoms with E-state index in [-0.39, 0.29) is 23.7 Å². The Bertz CT molecular complexity index is 447. The lowest BCUT2D eigenvalue weighted by atomic mass is 10.0. The second-order valence-corrected chi connectivity index (χ2v) is 5.48. The molecule has 1 aromatic rings. The molecule has 0 bridgehead atoms. The molecule has 3 atom stereocenters. The zero-order valence-corrected chi connectivity index (χ0v) is 11.5. The van der Waals surface area contributed by atoms with Gasteiger partial charge >= 0.3 is 0 Å². The predicted octanol–water partition coefficient (Wildman–Crippen LogP) is 0.539. The van der Waals surface area contributed by atoms with Gasteiger partial charge in [-0.2, -0.15) is 0 Å². The van der Waals surface area contributed by atoms with E-state index in [1.807, 2.05) is 0 Å². The number of phenols is 1. The lowest BCUT2D eigenvalue weighted by Crippen LogP contribution is -2.44. The van der Waals surface area contributed by atoms with E-state index in [0.29, 0.717) is 13.0 Å². The van der Waals surface area contributed by atoms with Gasteiger partial charge in [-0.15, -0.1) is 0 Å². The maximum absolute atomic E-state index is 11.9. The molecule has 1 aromatic carbocycles. The first-order valence-corrected chi connectivity index (χ1v) is 7.05. The van der Waals surface area contributed by atoms with Crippen molar-refractivity contribution in [3.05, 3.63) is 29.8 Å². The Morgan fingerprint density at radius 3 is 2.65 bits per heavy atom. The highest BCUT2D eigenvalue weighted by Crippen LogP contribution is 2.24. The van der Waals surface area contributed by atoms with Crippen LogP contribution in [0, 0.1) is 5.92 Å². The molecule has 1 aliphatic carbocycles. The van der Waals surface area contributed by atoms with E-state index in [4.69, 9.17) is 5.73 Å². The number of phenolic OH excluding ortho intramolecular Hbond substituents is 1. The standard InChI is InChI=1S/C15H22N2O3/c16-13(8-10-4-6-12(18)7-5-10)15(20)17-9-11-2-1-3-14(11)19/h4-7,11,13-14,18-19H,1-3,8-9,16H2,(H,17,20)/t11?,13-,14?/m1/s1. The number of carbonyl (C=O) groups is 1. The van der Waals surface area contributed by atoms with Gasteiger partial charge in [-0.3, -0.25) is 4.79 Å². The molecule has 0 radical (unpaired) electrons. The zero-order valence-electron chi connectivity index (χ0n) is 11.5. The summed E-state index contributed by atoms with van der Waals surface area (Å²) in [5.41, 5.74) is 6.78. The van der Waals surface area contributed by atoms with Crippen LogP contribution in [0.5, 0.6) is 5.75 Å². The molecule has 5 N–H and O–H groups in total. The average Bonchev–Trinajstić information content (AvgIpc) is 2.84. The van der Waals surface area contributed by atoms with Crippen molar-refractivity contribution in [3.63, 3.8) is 0 Å². The Kier molecular flexibility index (Phi) is 4.98. The minimum Gasteiger partial charge on any atom is -0.508 e. The Morgan fingerprint density at radius 2 is 2.05 bits per heavy atom. The number of hydrogen-bond acceptors (Lipinski definition) is 4. The van der Waals surface area contributed by atoms with Crippen molar-refractivity contribution in [3.8, 4) is 5.75 Å². The average molecular weight is 278 g/mol. The molecule has 1 fully saturated rings. The van der Waals surface area contributed by atoms with Crippen LogP contribution in [0.2, 0.25) is 0 Å². The molecule has 5 nitrogen and oxygen atoms in total. The number of amides is 1. The summed E-state index contributed by atoms with van der Waals surface area (Å²) < 4.78 is 0. The molecular weight excluding hydrogens is 256 g/mol. The molecule has 1 aliphatic rings. The SMILES string of the molecule is N[C@H](Cc1ccc(O)cc1)C(=O)NCC1CCCC1O. The summed E-state index contributed by atoms with van der Waals surface area (Å²) in [6.45, 7) is 0.489. The number of nitrogens with one attached hydrogen (secondary N) is 1. The molecule has 1 saturated carbocycles. The third-order valence-electron chi connectivity index (χ3n) is 3.89. The van der Waals surface area contributed by atoms with E-state index in [1.54, 1.807) is 24.3 Å². The quantitative estimate of drug-likeness (QED) is 0.632. The van der Waals surface area contributed by atoms with Crippen LogP contribution in [0.15, 0.2) is 24.3 Å². The molecule has 0 saturated heterocycles. The van der Waals surface area contributed by atoms with Crippen molar-refractivity contribution >= 4 is 5.91 Å². The van der Waals surface area contributed by atoms with Crippen molar-refractivity contribution < 1.29 is 15.0 Å². The maximum Gasteiger partial charge on any atom is 0.237 e. The summed E-state index contributed by atoms with van der Waals surface area (Å²) in [4.78, 5) is 11.9. The Morgan fingerprint density at radius 1 is 1.35 bits per heavy atom. The first kappa shape index (κ1) is 14.8. The number of hydrogen-bond donors (Lipinski definition) is 4. The molecule has 1 amide bonds. The number of benzene rings is 1. The maximum atomic E-state index is 11.9. The van der Waals surface area contributed by atoms with Gasteiger partial charge in [0.15, 0.2) is 0 Å². The van der Waals surface area contributed by atoms with Gasteiger partial charge in [0.25, 0.3) is 0 Å². The lowest BCUT2D eigenvalue weighted by Gasteiger charge is -2.17. The monoisotopic (exact) mass is 278 g/mol. The van der Waals surface area contributed by atoms with Crippen molar-refractivity contribution in [2.75, 3.05) is 6.54 Å². The molecule has 0 heterocycles. The van der Waals surface area contributed by atoms with Crippen LogP contribution in [0.4, 0.5) is 0 Å². The largest absolute Gasteiger partial charge is 0.508 e. The van der Waals surface area contributed by atoms with E-state index in [1.165, 1.54) is 0 Å². The first-order chi connectivity index (χ1) is 9.56. The number of aliphatic hydroxyl groups excluding tert-OH is 1. The third kappa shape index (κ3) is 3.95. The number of rotatable bonds is 5. The molecule has 110 valence electrons. The van der Waals surface area contributed by atoms with Crippen molar-refractivity contribution in [2.24, 2.45) is 11.7 Å². The molecule has 5 heteroatoms. The first-order valence-electron chi connectivity index (χ1n) is 7.05. The molecule has 2 rings (SSSR count). The van der Waals surface area contributed by atoms with E-state index in [2.05, 4.69) is 5.32 Å². The fourth-order valence-electron chi connectivity index (χ4n) is 2.60. The van der Waals surface area contributed by atoms with Gasteiger partial charge in [-0.1, -0.05) is 18.6 Å². The van der Waals surface area contributed by atoms with Crippen LogP contribution in [0.1, 0.15) is 24.8 Å². The Balaban J connectivity index is 1.78. The van der Waals surface area contributed by atoms with Crippen LogP contribution in [0.25, 0.3) is 0 Å². The number of carbonyl (C=O) groups excluding carboxylic acids is 1. The summed E-state index contributed by atoms with van der Waals surface area (Å²) in [5.74, 6) is 0.152. The van der Waals surface area contributed by atoms with Crippen molar-refractivity contribution in [1.82, 2.24) is 5.32 Å². The van der Waals surface area contributed by atoms with Crippen LogP contribution in [0.3, 0.4) is 0 Å². The Hall–Kier alpha value is -1.59. The van der Waals surface area contributed by atoms with Gasteiger partial charge in [0.05, 0.1) is 12.1 Å². The third-order valence-corrected chi connectivity index (χ3v) is 3.89. The minimum atomic E-state index is -0.613. The Labute approximate surface area is 118 Å². The molecule has 0 spiro atoms. The molecule has 2 unspecified atom stereocenters. The summed E-state index contributed by atoms with van der Waals surface area (Å²) in [6, 6.07) is 6.05. The highest BCUT2D eigenvalue weighted by atomic mass is 16.3. The van der Waals surface area contributed by atoms with Crippen LogP contribution in [-0.2, 0) is 11.2 Å². The van der Waals surface area contributed by atoms with Crippen LogP contribution in [-0.4, -0.2) is 34.8 Å². The van der Waals surface area contributed by atoms with Gasteiger partial charge < -0.3 is 21.3 Å². The normalized spacial score (nSPS) is 23.5. The summed E-state index contributed by atoms with van der Waals surface area (Å²) >= 11 is 0. The highest BCUT2D eigenvalue weighted by molar-refractivity contribution is 5.81. The van der Waals surface area contributed by atoms with E-state index in [0.717, 1.165) is 24.8 Å². The fourth-order valence-corrected chi connectivity index (χ4v) is 2.60. The topological polar surface area (TPSA) is 95.6 Å². The van der Waals surface area contributed by atoms with E-state index in [9.17, 15) is 15.0 Å². The zero-order chi connectivity index (χ0) is 14.5. The highest BCUT2D eigenvalue weighted by Gasteiger charge is 2.26. The van der Waals surface area contributed by atoms with Crippen molar-refractivity contribution in [1.29, 1.82) is 0 Å². The van der Waals surface area contributed by atoms with Crippen molar-refractivity contribution in [2.45, 2.75) is 37.8 Å². The van der Waals surface area contributed by atoms with Crippen LogP contribution >= 0.6 is 0 Å². The van der Waals surface area contributed by atoms with Gasteiger partial charge in [0, 0.05) is 12.5 Å².